The predicted octanol–water partition coefficient (Wildman–Crippen LogP) is 5.59. The van der Waals surface area contributed by atoms with Crippen molar-refractivity contribution in [2.75, 3.05) is 0 Å². The molecule has 5 nitrogen and oxygen atoms in total. The molecule has 178 valence electrons. The van der Waals surface area contributed by atoms with Gasteiger partial charge in [0.1, 0.15) is 5.82 Å². The zero-order valence-electron chi connectivity index (χ0n) is 19.6. The van der Waals surface area contributed by atoms with Gasteiger partial charge in [-0.25, -0.2) is 9.37 Å². The van der Waals surface area contributed by atoms with Gasteiger partial charge in [-0.3, -0.25) is 4.79 Å². The Morgan fingerprint density at radius 3 is 2.41 bits per heavy atom. The Hall–Kier alpha value is -3.35. The zero-order valence-corrected chi connectivity index (χ0v) is 19.6. The monoisotopic (exact) mass is 463 g/mol. The minimum Gasteiger partial charge on any atom is -0.481 e. The molecule has 0 saturated carbocycles. The summed E-state index contributed by atoms with van der Waals surface area (Å²) in [5.74, 6) is -1.33. The van der Waals surface area contributed by atoms with Crippen molar-refractivity contribution in [3.63, 3.8) is 0 Å². The van der Waals surface area contributed by atoms with Crippen LogP contribution in [0.5, 0.6) is 0 Å². The lowest BCUT2D eigenvalue weighted by Gasteiger charge is -2.19. The maximum absolute atomic E-state index is 13.8. The standard InChI is InChI=1S/C28H30FNO4/c1-17(2)25-16-26(19-7-5-4-6-8-19)30-28(23-11-9-20(29)13-18(23)3)24(25)12-10-21(31)14-22(32)15-27(33)34/h4-13,16-17,21-22,31-32H,14-15H2,1-3H3,(H,33,34)/b12-10+/t21-,22-/m1/s1. The minimum atomic E-state index is -1.15. The third-order valence-corrected chi connectivity index (χ3v) is 5.63. The predicted molar refractivity (Wildman–Crippen MR) is 132 cm³/mol. The number of nitrogens with zero attached hydrogens (tertiary/aromatic N) is 1. The smallest absolute Gasteiger partial charge is 0.305 e. The highest BCUT2D eigenvalue weighted by Gasteiger charge is 2.19. The Labute approximate surface area is 199 Å². The van der Waals surface area contributed by atoms with E-state index in [1.165, 1.54) is 12.1 Å². The molecule has 0 aliphatic heterocycles. The van der Waals surface area contributed by atoms with E-state index in [-0.39, 0.29) is 18.2 Å². The molecule has 6 heteroatoms. The summed E-state index contributed by atoms with van der Waals surface area (Å²) in [4.78, 5) is 15.7. The fourth-order valence-corrected chi connectivity index (χ4v) is 3.93. The van der Waals surface area contributed by atoms with Crippen LogP contribution in [0.15, 0.2) is 60.7 Å². The Morgan fingerprint density at radius 1 is 1.09 bits per heavy atom. The molecule has 1 aromatic heterocycles. The number of aliphatic carboxylic acids is 1. The third-order valence-electron chi connectivity index (χ3n) is 5.63. The van der Waals surface area contributed by atoms with Crippen LogP contribution in [0.4, 0.5) is 4.39 Å². The summed E-state index contributed by atoms with van der Waals surface area (Å²) in [5, 5.41) is 29.1. The van der Waals surface area contributed by atoms with Crippen LogP contribution in [-0.2, 0) is 4.79 Å². The molecular weight excluding hydrogens is 433 g/mol. The average Bonchev–Trinajstić information content (AvgIpc) is 2.77. The van der Waals surface area contributed by atoms with Gasteiger partial charge in [-0.15, -0.1) is 0 Å². The molecule has 0 radical (unpaired) electrons. The highest BCUT2D eigenvalue weighted by Crippen LogP contribution is 2.35. The van der Waals surface area contributed by atoms with Gasteiger partial charge in [0.05, 0.1) is 30.0 Å². The largest absolute Gasteiger partial charge is 0.481 e. The molecule has 3 aromatic rings. The van der Waals surface area contributed by atoms with Crippen LogP contribution in [0.2, 0.25) is 0 Å². The van der Waals surface area contributed by atoms with Crippen LogP contribution in [0, 0.1) is 12.7 Å². The van der Waals surface area contributed by atoms with Gasteiger partial charge < -0.3 is 15.3 Å². The summed E-state index contributed by atoms with van der Waals surface area (Å²) >= 11 is 0. The van der Waals surface area contributed by atoms with Gasteiger partial charge >= 0.3 is 5.97 Å². The number of benzene rings is 2. The third kappa shape index (κ3) is 6.37. The lowest BCUT2D eigenvalue weighted by atomic mass is 9.90. The van der Waals surface area contributed by atoms with Crippen molar-refractivity contribution in [2.24, 2.45) is 0 Å². The summed E-state index contributed by atoms with van der Waals surface area (Å²) < 4.78 is 13.8. The lowest BCUT2D eigenvalue weighted by Crippen LogP contribution is -2.19. The van der Waals surface area contributed by atoms with Crippen molar-refractivity contribution in [3.05, 3.63) is 83.2 Å². The SMILES string of the molecule is Cc1cc(F)ccc1-c1nc(-c2ccccc2)cc(C(C)C)c1/C=C/[C@@H](O)C[C@@H](O)CC(=O)O. The second kappa shape index (κ2) is 11.2. The maximum Gasteiger partial charge on any atom is 0.305 e. The Kier molecular flexibility index (Phi) is 8.31. The molecule has 1 heterocycles. The maximum atomic E-state index is 13.8. The summed E-state index contributed by atoms with van der Waals surface area (Å²) in [5.41, 5.74) is 5.71. The minimum absolute atomic E-state index is 0.0970. The molecule has 0 aliphatic carbocycles. The molecular formula is C28H30FNO4. The van der Waals surface area contributed by atoms with Crippen molar-refractivity contribution in [2.45, 2.75) is 51.7 Å². The normalized spacial score (nSPS) is 13.4. The van der Waals surface area contributed by atoms with Gasteiger partial charge in [0, 0.05) is 23.1 Å². The van der Waals surface area contributed by atoms with Crippen molar-refractivity contribution in [3.8, 4) is 22.5 Å². The number of rotatable bonds is 9. The fourth-order valence-electron chi connectivity index (χ4n) is 3.93. The Balaban J connectivity index is 2.13. The van der Waals surface area contributed by atoms with Gasteiger partial charge in [-0.05, 0) is 48.2 Å². The van der Waals surface area contributed by atoms with Crippen LogP contribution < -0.4 is 0 Å². The average molecular weight is 464 g/mol. The first-order chi connectivity index (χ1) is 16.2. The molecule has 0 aliphatic rings. The van der Waals surface area contributed by atoms with E-state index in [1.807, 2.05) is 43.3 Å². The van der Waals surface area contributed by atoms with Crippen molar-refractivity contribution < 1.29 is 24.5 Å². The molecule has 34 heavy (non-hydrogen) atoms. The van der Waals surface area contributed by atoms with Crippen LogP contribution in [0.3, 0.4) is 0 Å². The summed E-state index contributed by atoms with van der Waals surface area (Å²) in [6, 6.07) is 16.4. The number of carbonyl (C=O) groups is 1. The van der Waals surface area contributed by atoms with Crippen molar-refractivity contribution in [1.29, 1.82) is 0 Å². The van der Waals surface area contributed by atoms with Gasteiger partial charge in [0.15, 0.2) is 0 Å². The van der Waals surface area contributed by atoms with Crippen molar-refractivity contribution in [1.82, 2.24) is 4.98 Å². The number of aliphatic hydroxyl groups excluding tert-OH is 2. The fraction of sp³-hybridized carbons (Fsp3) is 0.286. The Bertz CT molecular complexity index is 1170. The molecule has 3 N–H and O–H groups in total. The second-order valence-corrected chi connectivity index (χ2v) is 8.75. The molecule has 0 bridgehead atoms. The number of carboxylic acid groups (broad SMARTS) is 1. The molecule has 0 amide bonds. The van der Waals surface area contributed by atoms with Gasteiger partial charge in [-0.2, -0.15) is 0 Å². The van der Waals surface area contributed by atoms with Gasteiger partial charge in [-0.1, -0.05) is 56.3 Å². The van der Waals surface area contributed by atoms with E-state index in [1.54, 1.807) is 18.2 Å². The molecule has 2 atom stereocenters. The first-order valence-corrected chi connectivity index (χ1v) is 11.3. The number of carboxylic acids is 1. The molecule has 2 aromatic carbocycles. The van der Waals surface area contributed by atoms with E-state index in [0.29, 0.717) is 5.69 Å². The number of aromatic nitrogens is 1. The van der Waals surface area contributed by atoms with E-state index in [4.69, 9.17) is 10.1 Å². The van der Waals surface area contributed by atoms with Crippen molar-refractivity contribution >= 4 is 12.0 Å². The lowest BCUT2D eigenvalue weighted by molar-refractivity contribution is -0.139. The van der Waals surface area contributed by atoms with E-state index >= 15 is 0 Å². The number of aryl methyl sites for hydroxylation is 1. The van der Waals surface area contributed by atoms with Crippen LogP contribution in [0.1, 0.15) is 49.3 Å². The van der Waals surface area contributed by atoms with E-state index in [0.717, 1.165) is 33.5 Å². The first-order valence-electron chi connectivity index (χ1n) is 11.3. The molecule has 0 saturated heterocycles. The number of halogens is 1. The first kappa shape index (κ1) is 25.3. The molecule has 0 unspecified atom stereocenters. The quantitative estimate of drug-likeness (QED) is 0.385. The second-order valence-electron chi connectivity index (χ2n) is 8.75. The number of aliphatic hydroxyl groups is 2. The molecule has 0 fully saturated rings. The summed E-state index contributed by atoms with van der Waals surface area (Å²) in [7, 11) is 0. The van der Waals surface area contributed by atoms with E-state index < -0.39 is 24.6 Å². The number of hydrogen-bond donors (Lipinski definition) is 3. The summed E-state index contributed by atoms with van der Waals surface area (Å²) in [6.07, 6.45) is 0.575. The molecule has 0 spiro atoms. The zero-order chi connectivity index (χ0) is 24.8. The summed E-state index contributed by atoms with van der Waals surface area (Å²) in [6.45, 7) is 5.96. The van der Waals surface area contributed by atoms with Crippen LogP contribution in [-0.4, -0.2) is 38.5 Å². The highest BCUT2D eigenvalue weighted by molar-refractivity contribution is 5.79. The highest BCUT2D eigenvalue weighted by atomic mass is 19.1. The van der Waals surface area contributed by atoms with E-state index in [2.05, 4.69) is 13.8 Å². The van der Waals surface area contributed by atoms with Gasteiger partial charge in [0.25, 0.3) is 0 Å². The van der Waals surface area contributed by atoms with Crippen LogP contribution in [0.25, 0.3) is 28.6 Å². The number of hydrogen-bond acceptors (Lipinski definition) is 4. The Morgan fingerprint density at radius 2 is 1.79 bits per heavy atom. The van der Waals surface area contributed by atoms with Crippen LogP contribution >= 0.6 is 0 Å². The molecule has 3 rings (SSSR count). The van der Waals surface area contributed by atoms with E-state index in [9.17, 15) is 19.4 Å². The van der Waals surface area contributed by atoms with Gasteiger partial charge in [0.2, 0.25) is 0 Å². The topological polar surface area (TPSA) is 90.7 Å². The number of pyridine rings is 1.